The van der Waals surface area contributed by atoms with Crippen LogP contribution in [0.2, 0.25) is 0 Å². The van der Waals surface area contributed by atoms with Crippen LogP contribution in [0.3, 0.4) is 0 Å². The van der Waals surface area contributed by atoms with E-state index in [2.05, 4.69) is 81.5 Å². The van der Waals surface area contributed by atoms with E-state index in [9.17, 15) is 0 Å². The van der Waals surface area contributed by atoms with Crippen LogP contribution in [0.25, 0.3) is 12.2 Å². The van der Waals surface area contributed by atoms with E-state index in [0.29, 0.717) is 0 Å². The molecule has 2 aromatic carbocycles. The maximum absolute atomic E-state index is 2.62. The van der Waals surface area contributed by atoms with Crippen molar-refractivity contribution in [2.45, 2.75) is 41.0 Å². The van der Waals surface area contributed by atoms with Crippen molar-refractivity contribution in [1.82, 2.24) is 0 Å². The van der Waals surface area contributed by atoms with Crippen LogP contribution in [0.1, 0.15) is 63.2 Å². The van der Waals surface area contributed by atoms with E-state index in [-0.39, 0.29) is 32.7 Å². The Morgan fingerprint density at radius 3 is 1.86 bits per heavy atom. The minimum absolute atomic E-state index is 0. The molecule has 2 unspecified atom stereocenters. The molecule has 2 aromatic rings. The van der Waals surface area contributed by atoms with Crippen LogP contribution in [0.5, 0.6) is 0 Å². The molecule has 152 valence electrons. The third kappa shape index (κ3) is 5.17. The first-order chi connectivity index (χ1) is 13.2. The second kappa shape index (κ2) is 11.4. The molecule has 29 heavy (non-hydrogen) atoms. The van der Waals surface area contributed by atoms with E-state index < -0.39 is 22.9 Å². The number of rotatable bonds is 7. The number of halogens is 2. The molecule has 0 saturated carbocycles. The van der Waals surface area contributed by atoms with Gasteiger partial charge in [-0.25, -0.2) is 0 Å². The van der Waals surface area contributed by atoms with Crippen molar-refractivity contribution in [3.8, 4) is 0 Å². The van der Waals surface area contributed by atoms with Gasteiger partial charge in [0.2, 0.25) is 0 Å². The average molecular weight is 610 g/mol. The minimum atomic E-state index is -0.975. The molecule has 0 spiro atoms. The van der Waals surface area contributed by atoms with Crippen LogP contribution in [0.4, 0.5) is 0 Å². The zero-order valence-electron chi connectivity index (χ0n) is 17.5. The summed E-state index contributed by atoms with van der Waals surface area (Å²) < 4.78 is 1.56. The van der Waals surface area contributed by atoms with E-state index >= 15 is 0 Å². The van der Waals surface area contributed by atoms with Crippen molar-refractivity contribution in [2.75, 3.05) is 12.3 Å². The van der Waals surface area contributed by atoms with Crippen molar-refractivity contribution in [3.05, 3.63) is 81.7 Å². The standard InChI is InChI=1S/C15H20P.C10H9.2ClH.Hf/c1-3-9-16(10-4-2)15-11-13-7-5-6-8-14(13)12-15;1-8-6-9-4-2-3-5-10(9)7-8;;;/h5-8,11-12H,3-4,9-10H2,1-2H3;2-7H,1H3;2*1H;/q;;;;+2/p-2. The van der Waals surface area contributed by atoms with Gasteiger partial charge in [0.25, 0.3) is 0 Å². The maximum Gasteiger partial charge on any atom is -1.00 e. The largest absolute Gasteiger partial charge is 1.00 e. The molecule has 2 aliphatic carbocycles. The van der Waals surface area contributed by atoms with Gasteiger partial charge >= 0.3 is 178 Å². The van der Waals surface area contributed by atoms with E-state index in [0.717, 1.165) is 7.35 Å². The van der Waals surface area contributed by atoms with E-state index in [4.69, 9.17) is 0 Å². The minimum Gasteiger partial charge on any atom is -1.00 e. The molecular weight excluding hydrogens is 581 g/mol. The van der Waals surface area contributed by atoms with Gasteiger partial charge < -0.3 is 24.8 Å². The van der Waals surface area contributed by atoms with Crippen LogP contribution in [-0.4, -0.2) is 12.3 Å². The third-order valence-corrected chi connectivity index (χ3v) is 17.1. The summed E-state index contributed by atoms with van der Waals surface area (Å²) in [6.07, 6.45) is 10.6. The Balaban J connectivity index is 0.00000150. The van der Waals surface area contributed by atoms with Crippen LogP contribution in [-0.2, 0) is 22.9 Å². The summed E-state index contributed by atoms with van der Waals surface area (Å²) in [6, 6.07) is 18.4. The Morgan fingerprint density at radius 1 is 0.759 bits per heavy atom. The molecule has 4 rings (SSSR count). The van der Waals surface area contributed by atoms with Gasteiger partial charge in [-0.15, -0.1) is 0 Å². The van der Waals surface area contributed by atoms with Crippen molar-refractivity contribution < 1.29 is 47.7 Å². The molecule has 0 saturated heterocycles. The van der Waals surface area contributed by atoms with Gasteiger partial charge in [0.05, 0.1) is 0 Å². The molecule has 4 heteroatoms. The molecule has 0 radical (unpaired) electrons. The Bertz CT molecular complexity index is 884. The predicted molar refractivity (Wildman–Crippen MR) is 117 cm³/mol. The van der Waals surface area contributed by atoms with Gasteiger partial charge in [-0.05, 0) is 0 Å². The molecule has 0 fully saturated rings. The maximum atomic E-state index is 2.62. The van der Waals surface area contributed by atoms with E-state index in [1.807, 2.05) is 5.31 Å². The fourth-order valence-corrected chi connectivity index (χ4v) is 16.3. The Labute approximate surface area is 201 Å². The normalized spacial score (nSPS) is 18.8. The fourth-order valence-electron chi connectivity index (χ4n) is 4.53. The molecule has 2 aliphatic rings. The smallest absolute Gasteiger partial charge is 1.00 e. The molecule has 0 aliphatic heterocycles. The number of fused-ring (bicyclic) bond motifs is 2. The van der Waals surface area contributed by atoms with E-state index in [1.165, 1.54) is 36.3 Å². The molecule has 0 nitrogen and oxygen atoms in total. The Hall–Kier alpha value is -0.200. The zero-order chi connectivity index (χ0) is 18.8. The van der Waals surface area contributed by atoms with Crippen molar-refractivity contribution in [3.63, 3.8) is 0 Å². The molecule has 0 aromatic heterocycles. The third-order valence-electron chi connectivity index (χ3n) is 5.74. The predicted octanol–water partition coefficient (Wildman–Crippen LogP) is 1.63. The molecule has 0 heterocycles. The summed E-state index contributed by atoms with van der Waals surface area (Å²) in [6.45, 7) is 7.11. The molecule has 0 N–H and O–H groups in total. The quantitative estimate of drug-likeness (QED) is 0.331. The number of hydrogen-bond acceptors (Lipinski definition) is 0. The topological polar surface area (TPSA) is 0 Å². The summed E-state index contributed by atoms with van der Waals surface area (Å²) >= 11 is -0.975. The van der Waals surface area contributed by atoms with Crippen LogP contribution in [0.15, 0.2) is 59.4 Å². The van der Waals surface area contributed by atoms with Gasteiger partial charge in [0.15, 0.2) is 0 Å². The summed E-state index contributed by atoms with van der Waals surface area (Å²) in [4.78, 5) is 0. The first-order valence-electron chi connectivity index (χ1n) is 10.3. The summed E-state index contributed by atoms with van der Waals surface area (Å²) in [5, 5.41) is 1.86. The second-order valence-electron chi connectivity index (χ2n) is 7.74. The van der Waals surface area contributed by atoms with E-state index in [1.54, 1.807) is 16.7 Å². The van der Waals surface area contributed by atoms with Gasteiger partial charge in [0.1, 0.15) is 0 Å². The zero-order valence-corrected chi connectivity index (χ0v) is 23.5. The first-order valence-corrected chi connectivity index (χ1v) is 16.2. The number of hydrogen-bond donors (Lipinski definition) is 0. The Morgan fingerprint density at radius 2 is 1.28 bits per heavy atom. The SMILES string of the molecule is CCCP(CCC)C1=Cc2ccccc2[CH]1[Hf+2][CH]1C(C)=Cc2ccccc21.[Cl-].[Cl-]. The number of allylic oxidation sites excluding steroid dienone is 2. The van der Waals surface area contributed by atoms with Gasteiger partial charge in [-0.3, -0.25) is 0 Å². The van der Waals surface area contributed by atoms with Gasteiger partial charge in [0, 0.05) is 0 Å². The van der Waals surface area contributed by atoms with Crippen molar-refractivity contribution in [1.29, 1.82) is 0 Å². The number of benzene rings is 2. The van der Waals surface area contributed by atoms with Crippen LogP contribution in [0, 0.1) is 0 Å². The summed E-state index contributed by atoms with van der Waals surface area (Å²) in [7, 11) is 0.0408. The monoisotopic (exact) mass is 610 g/mol. The fraction of sp³-hybridized carbons (Fsp3) is 0.360. The van der Waals surface area contributed by atoms with Crippen LogP contribution < -0.4 is 24.8 Å². The molecule has 2 atom stereocenters. The summed E-state index contributed by atoms with van der Waals surface area (Å²) in [5.74, 6) is 0. The second-order valence-corrected chi connectivity index (χ2v) is 15.6. The summed E-state index contributed by atoms with van der Waals surface area (Å²) in [5.41, 5.74) is 7.91. The average Bonchev–Trinajstić information content (AvgIpc) is 3.20. The molecular formula is C25H29Cl2HfP. The van der Waals surface area contributed by atoms with Gasteiger partial charge in [-0.1, -0.05) is 0 Å². The van der Waals surface area contributed by atoms with Crippen molar-refractivity contribution in [2.24, 2.45) is 0 Å². The van der Waals surface area contributed by atoms with Gasteiger partial charge in [-0.2, -0.15) is 0 Å². The first kappa shape index (κ1) is 25.1. The van der Waals surface area contributed by atoms with Crippen molar-refractivity contribution >= 4 is 20.1 Å². The Kier molecular flexibility index (Phi) is 9.88. The molecule has 0 bridgehead atoms. The molecule has 0 amide bonds. The van der Waals surface area contributed by atoms with Crippen LogP contribution >= 0.6 is 7.92 Å².